The standard InChI is InChI=1S/C13H7Cl2NO4/c14-11-3-1-2-10(12(11)15)13(17)20-9-6-4-8(5-7-9)16(18)19/h1-7H. The Kier molecular flexibility index (Phi) is 4.22. The number of esters is 1. The monoisotopic (exact) mass is 311 g/mol. The molecule has 0 aromatic heterocycles. The number of ether oxygens (including phenoxy) is 1. The van der Waals surface area contributed by atoms with Crippen LogP contribution in [0.5, 0.6) is 5.75 Å². The van der Waals surface area contributed by atoms with Gasteiger partial charge in [-0.05, 0) is 24.3 Å². The Balaban J connectivity index is 2.19. The Morgan fingerprint density at radius 2 is 1.75 bits per heavy atom. The van der Waals surface area contributed by atoms with Gasteiger partial charge in [-0.2, -0.15) is 0 Å². The minimum Gasteiger partial charge on any atom is -0.423 e. The largest absolute Gasteiger partial charge is 0.423 e. The fourth-order valence-corrected chi connectivity index (χ4v) is 1.84. The van der Waals surface area contributed by atoms with E-state index in [4.69, 9.17) is 27.9 Å². The topological polar surface area (TPSA) is 69.4 Å². The van der Waals surface area contributed by atoms with Gasteiger partial charge in [0.1, 0.15) is 5.75 Å². The van der Waals surface area contributed by atoms with Gasteiger partial charge in [0.2, 0.25) is 0 Å². The summed E-state index contributed by atoms with van der Waals surface area (Å²) >= 11 is 11.7. The van der Waals surface area contributed by atoms with E-state index in [-0.39, 0.29) is 27.0 Å². The predicted octanol–water partition coefficient (Wildman–Crippen LogP) is 4.12. The zero-order chi connectivity index (χ0) is 14.7. The Labute approximate surface area is 123 Å². The number of hydrogen-bond acceptors (Lipinski definition) is 4. The summed E-state index contributed by atoms with van der Waals surface area (Å²) in [6.45, 7) is 0. The van der Waals surface area contributed by atoms with Crippen LogP contribution in [-0.2, 0) is 0 Å². The molecule has 0 aliphatic rings. The number of rotatable bonds is 3. The number of nitrogens with zero attached hydrogens (tertiary/aromatic N) is 1. The van der Waals surface area contributed by atoms with Crippen LogP contribution in [0.2, 0.25) is 10.0 Å². The average molecular weight is 312 g/mol. The van der Waals surface area contributed by atoms with Crippen LogP contribution >= 0.6 is 23.2 Å². The number of hydrogen-bond donors (Lipinski definition) is 0. The molecule has 102 valence electrons. The molecule has 7 heteroatoms. The van der Waals surface area contributed by atoms with E-state index in [0.717, 1.165) is 0 Å². The van der Waals surface area contributed by atoms with Crippen molar-refractivity contribution >= 4 is 34.9 Å². The second-order valence-electron chi connectivity index (χ2n) is 3.74. The third-order valence-electron chi connectivity index (χ3n) is 2.43. The Hall–Kier alpha value is -2.11. The SMILES string of the molecule is O=C(Oc1ccc([N+](=O)[O-])cc1)c1cccc(Cl)c1Cl. The average Bonchev–Trinajstić information content (AvgIpc) is 2.42. The molecule has 0 heterocycles. The summed E-state index contributed by atoms with van der Waals surface area (Å²) in [6.07, 6.45) is 0. The van der Waals surface area contributed by atoms with E-state index in [1.807, 2.05) is 0 Å². The van der Waals surface area contributed by atoms with E-state index in [1.165, 1.54) is 30.3 Å². The lowest BCUT2D eigenvalue weighted by molar-refractivity contribution is -0.384. The van der Waals surface area contributed by atoms with Gasteiger partial charge in [0.25, 0.3) is 5.69 Å². The number of nitro groups is 1. The maximum atomic E-state index is 11.9. The van der Waals surface area contributed by atoms with Crippen molar-refractivity contribution in [1.29, 1.82) is 0 Å². The minimum absolute atomic E-state index is 0.0920. The molecule has 0 atom stereocenters. The van der Waals surface area contributed by atoms with Gasteiger partial charge in [-0.25, -0.2) is 4.79 Å². The lowest BCUT2D eigenvalue weighted by Gasteiger charge is -2.06. The van der Waals surface area contributed by atoms with Gasteiger partial charge in [0.15, 0.2) is 0 Å². The number of carbonyl (C=O) groups excluding carboxylic acids is 1. The van der Waals surface area contributed by atoms with Crippen molar-refractivity contribution in [2.24, 2.45) is 0 Å². The van der Waals surface area contributed by atoms with Crippen LogP contribution in [0, 0.1) is 10.1 Å². The zero-order valence-electron chi connectivity index (χ0n) is 9.88. The van der Waals surface area contributed by atoms with Crippen molar-refractivity contribution in [2.45, 2.75) is 0 Å². The van der Waals surface area contributed by atoms with Gasteiger partial charge < -0.3 is 4.74 Å². The molecule has 0 aliphatic heterocycles. The molecule has 0 spiro atoms. The van der Waals surface area contributed by atoms with Crippen molar-refractivity contribution in [3.05, 3.63) is 68.2 Å². The summed E-state index contributed by atoms with van der Waals surface area (Å²) in [6, 6.07) is 9.72. The second kappa shape index (κ2) is 5.90. The quantitative estimate of drug-likeness (QED) is 0.370. The number of carbonyl (C=O) groups is 1. The smallest absolute Gasteiger partial charge is 0.345 e. The molecule has 2 aromatic rings. The third kappa shape index (κ3) is 3.07. The molecule has 0 saturated carbocycles. The molecule has 20 heavy (non-hydrogen) atoms. The van der Waals surface area contributed by atoms with Crippen LogP contribution in [0.4, 0.5) is 5.69 Å². The maximum Gasteiger partial charge on any atom is 0.345 e. The molecule has 0 aliphatic carbocycles. The highest BCUT2D eigenvalue weighted by molar-refractivity contribution is 6.43. The Morgan fingerprint density at radius 3 is 2.35 bits per heavy atom. The molecule has 0 bridgehead atoms. The molecule has 0 fully saturated rings. The Morgan fingerprint density at radius 1 is 1.10 bits per heavy atom. The molecule has 0 amide bonds. The highest BCUT2D eigenvalue weighted by Crippen LogP contribution is 2.27. The van der Waals surface area contributed by atoms with E-state index in [9.17, 15) is 14.9 Å². The van der Waals surface area contributed by atoms with Crippen molar-refractivity contribution < 1.29 is 14.5 Å². The van der Waals surface area contributed by atoms with Crippen molar-refractivity contribution in [3.63, 3.8) is 0 Å². The van der Waals surface area contributed by atoms with Crippen LogP contribution in [0.25, 0.3) is 0 Å². The van der Waals surface area contributed by atoms with Gasteiger partial charge in [0, 0.05) is 12.1 Å². The summed E-state index contributed by atoms with van der Waals surface area (Å²) in [4.78, 5) is 21.9. The number of halogens is 2. The molecule has 0 unspecified atom stereocenters. The third-order valence-corrected chi connectivity index (χ3v) is 3.25. The summed E-state index contributed by atoms with van der Waals surface area (Å²) in [5, 5.41) is 10.8. The highest BCUT2D eigenvalue weighted by atomic mass is 35.5. The highest BCUT2D eigenvalue weighted by Gasteiger charge is 2.15. The van der Waals surface area contributed by atoms with E-state index in [2.05, 4.69) is 0 Å². The van der Waals surface area contributed by atoms with E-state index < -0.39 is 10.9 Å². The molecule has 2 aromatic carbocycles. The molecule has 0 radical (unpaired) electrons. The van der Waals surface area contributed by atoms with E-state index in [1.54, 1.807) is 12.1 Å². The molecule has 0 N–H and O–H groups in total. The van der Waals surface area contributed by atoms with Gasteiger partial charge in [-0.1, -0.05) is 29.3 Å². The van der Waals surface area contributed by atoms with Gasteiger partial charge in [0.05, 0.1) is 20.5 Å². The van der Waals surface area contributed by atoms with E-state index >= 15 is 0 Å². The van der Waals surface area contributed by atoms with Gasteiger partial charge in [-0.15, -0.1) is 0 Å². The van der Waals surface area contributed by atoms with Crippen molar-refractivity contribution in [1.82, 2.24) is 0 Å². The summed E-state index contributed by atoms with van der Waals surface area (Å²) in [7, 11) is 0. The van der Waals surface area contributed by atoms with E-state index in [0.29, 0.717) is 0 Å². The first-order valence-electron chi connectivity index (χ1n) is 5.39. The summed E-state index contributed by atoms with van der Waals surface area (Å²) in [5.74, 6) is -0.511. The number of nitro benzene ring substituents is 1. The molecule has 5 nitrogen and oxygen atoms in total. The van der Waals surface area contributed by atoms with Crippen LogP contribution in [0.15, 0.2) is 42.5 Å². The van der Waals surface area contributed by atoms with Gasteiger partial charge >= 0.3 is 5.97 Å². The molecular weight excluding hydrogens is 305 g/mol. The second-order valence-corrected chi connectivity index (χ2v) is 4.53. The summed E-state index contributed by atoms with van der Waals surface area (Å²) in [5.41, 5.74) is 0.0307. The molecule has 2 rings (SSSR count). The molecule has 0 saturated heterocycles. The zero-order valence-corrected chi connectivity index (χ0v) is 11.4. The van der Waals surface area contributed by atoms with Crippen molar-refractivity contribution in [3.8, 4) is 5.75 Å². The number of non-ortho nitro benzene ring substituents is 1. The normalized spacial score (nSPS) is 10.1. The Bertz CT molecular complexity index is 671. The van der Waals surface area contributed by atoms with Crippen LogP contribution in [0.1, 0.15) is 10.4 Å². The lowest BCUT2D eigenvalue weighted by Crippen LogP contribution is -2.09. The van der Waals surface area contributed by atoms with Crippen LogP contribution < -0.4 is 4.74 Å². The van der Waals surface area contributed by atoms with Gasteiger partial charge in [-0.3, -0.25) is 10.1 Å². The van der Waals surface area contributed by atoms with Crippen LogP contribution in [0.3, 0.4) is 0 Å². The van der Waals surface area contributed by atoms with Crippen molar-refractivity contribution in [2.75, 3.05) is 0 Å². The lowest BCUT2D eigenvalue weighted by atomic mass is 10.2. The number of benzene rings is 2. The molecular formula is C13H7Cl2NO4. The minimum atomic E-state index is -0.689. The van der Waals surface area contributed by atoms with Crippen LogP contribution in [-0.4, -0.2) is 10.9 Å². The first-order chi connectivity index (χ1) is 9.49. The first-order valence-corrected chi connectivity index (χ1v) is 6.15. The fraction of sp³-hybridized carbons (Fsp3) is 0. The summed E-state index contributed by atoms with van der Waals surface area (Å²) < 4.78 is 5.07. The predicted molar refractivity (Wildman–Crippen MR) is 74.5 cm³/mol. The fourth-order valence-electron chi connectivity index (χ4n) is 1.46. The first kappa shape index (κ1) is 14.3. The maximum absolute atomic E-state index is 11.9.